The van der Waals surface area contributed by atoms with Crippen LogP contribution in [0.3, 0.4) is 0 Å². The lowest BCUT2D eigenvalue weighted by Gasteiger charge is -2.16. The molecule has 0 aliphatic carbocycles. The predicted octanol–water partition coefficient (Wildman–Crippen LogP) is 9.33. The van der Waals surface area contributed by atoms with Crippen LogP contribution in [0.1, 0.15) is 0 Å². The molecule has 0 aliphatic heterocycles. The fraction of sp³-hybridized carbons (Fsp3) is 0.0488. The predicted molar refractivity (Wildman–Crippen MR) is 194 cm³/mol. The summed E-state index contributed by atoms with van der Waals surface area (Å²) in [6.07, 6.45) is 0. The zero-order valence-corrected chi connectivity index (χ0v) is 27.0. The van der Waals surface area contributed by atoms with Crippen LogP contribution in [-0.2, 0) is 0 Å². The van der Waals surface area contributed by atoms with Gasteiger partial charge in [-0.05, 0) is 35.4 Å². The third kappa shape index (κ3) is 5.01. The van der Waals surface area contributed by atoms with Gasteiger partial charge in [-0.1, -0.05) is 146 Å². The molecular formula is C41H32N4Si. The molecule has 0 saturated heterocycles. The van der Waals surface area contributed by atoms with E-state index in [1.165, 1.54) is 21.5 Å². The van der Waals surface area contributed by atoms with Gasteiger partial charge in [0.05, 0.1) is 25.5 Å². The first-order chi connectivity index (χ1) is 22.6. The Morgan fingerprint density at radius 3 is 1.52 bits per heavy atom. The van der Waals surface area contributed by atoms with E-state index in [1.54, 1.807) is 0 Å². The van der Waals surface area contributed by atoms with Crippen molar-refractivity contribution < 1.29 is 0 Å². The van der Waals surface area contributed by atoms with E-state index in [4.69, 9.17) is 15.0 Å². The summed E-state index contributed by atoms with van der Waals surface area (Å²) in [5.41, 5.74) is 8.51. The van der Waals surface area contributed by atoms with E-state index in [2.05, 4.69) is 133 Å². The van der Waals surface area contributed by atoms with Gasteiger partial charge in [0.2, 0.25) is 0 Å². The zero-order chi connectivity index (χ0) is 31.0. The van der Waals surface area contributed by atoms with Gasteiger partial charge >= 0.3 is 0 Å². The first kappa shape index (κ1) is 27.9. The molecule has 0 bridgehead atoms. The van der Waals surface area contributed by atoms with Crippen LogP contribution >= 0.6 is 0 Å². The molecule has 8 aromatic rings. The van der Waals surface area contributed by atoms with Gasteiger partial charge in [0.1, 0.15) is 0 Å². The highest BCUT2D eigenvalue weighted by molar-refractivity contribution is 6.70. The first-order valence-corrected chi connectivity index (χ1v) is 18.6. The maximum absolute atomic E-state index is 5.18. The molecular weight excluding hydrogens is 577 g/mol. The minimum absolute atomic E-state index is 0.640. The van der Waals surface area contributed by atoms with E-state index < -0.39 is 8.80 Å². The van der Waals surface area contributed by atoms with Gasteiger partial charge in [-0.15, -0.1) is 0 Å². The van der Waals surface area contributed by atoms with Crippen LogP contribution in [0.4, 0.5) is 0 Å². The average Bonchev–Trinajstić information content (AvgIpc) is 3.46. The molecule has 220 valence electrons. The second-order valence-corrected chi connectivity index (χ2v) is 14.9. The Balaban J connectivity index is 1.45. The van der Waals surface area contributed by atoms with Crippen LogP contribution in [-0.4, -0.2) is 28.3 Å². The molecule has 0 aliphatic rings. The molecule has 2 heterocycles. The Kier molecular flexibility index (Phi) is 7.08. The van der Waals surface area contributed by atoms with Crippen molar-refractivity contribution in [3.05, 3.63) is 152 Å². The molecule has 2 aromatic heterocycles. The van der Waals surface area contributed by atoms with Gasteiger partial charge in [0, 0.05) is 27.5 Å². The van der Waals surface area contributed by atoms with E-state index in [9.17, 15) is 0 Å². The molecule has 0 N–H and O–H groups in total. The summed E-state index contributed by atoms with van der Waals surface area (Å²) in [5, 5.41) is 3.88. The maximum atomic E-state index is 5.18. The SMILES string of the molecule is C[SiH](C)c1cccc(-c2ccc(-n3c4ccccc4c4ccccc43)c(-c3nc(-c4ccccc4)nc(-c4ccccc4)n3)c2)c1. The fourth-order valence-corrected chi connectivity index (χ4v) is 7.29. The van der Waals surface area contributed by atoms with Crippen LogP contribution in [0.2, 0.25) is 13.1 Å². The topological polar surface area (TPSA) is 43.6 Å². The lowest BCUT2D eigenvalue weighted by molar-refractivity contribution is 1.06. The number of para-hydroxylation sites is 2. The maximum Gasteiger partial charge on any atom is 0.166 e. The van der Waals surface area contributed by atoms with Gasteiger partial charge in [-0.2, -0.15) is 0 Å². The molecule has 0 amide bonds. The number of nitrogens with zero attached hydrogens (tertiary/aromatic N) is 4. The summed E-state index contributed by atoms with van der Waals surface area (Å²) in [4.78, 5) is 15.3. The summed E-state index contributed by atoms with van der Waals surface area (Å²) >= 11 is 0. The number of hydrogen-bond donors (Lipinski definition) is 0. The van der Waals surface area contributed by atoms with Gasteiger partial charge < -0.3 is 4.57 Å². The Labute approximate surface area is 270 Å². The molecule has 0 spiro atoms. The highest BCUT2D eigenvalue weighted by Gasteiger charge is 2.20. The second kappa shape index (κ2) is 11.7. The normalized spacial score (nSPS) is 11.5. The molecule has 0 saturated carbocycles. The molecule has 4 nitrogen and oxygen atoms in total. The van der Waals surface area contributed by atoms with Crippen molar-refractivity contribution in [2.24, 2.45) is 0 Å². The van der Waals surface area contributed by atoms with E-state index in [-0.39, 0.29) is 0 Å². The summed E-state index contributed by atoms with van der Waals surface area (Å²) in [6.45, 7) is 4.74. The first-order valence-electron chi connectivity index (χ1n) is 15.7. The van der Waals surface area contributed by atoms with E-state index in [1.807, 2.05) is 36.4 Å². The summed E-state index contributed by atoms with van der Waals surface area (Å²) in [7, 11) is -0.980. The number of fused-ring (bicyclic) bond motifs is 3. The molecule has 0 unspecified atom stereocenters. The van der Waals surface area contributed by atoms with Gasteiger partial charge in [-0.25, -0.2) is 15.0 Å². The number of hydrogen-bond acceptors (Lipinski definition) is 3. The van der Waals surface area contributed by atoms with Crippen LogP contribution < -0.4 is 5.19 Å². The van der Waals surface area contributed by atoms with Gasteiger partial charge in [-0.3, -0.25) is 0 Å². The van der Waals surface area contributed by atoms with Crippen molar-refractivity contribution in [3.8, 4) is 51.0 Å². The quantitative estimate of drug-likeness (QED) is 0.177. The molecule has 6 aromatic carbocycles. The zero-order valence-electron chi connectivity index (χ0n) is 25.8. The Morgan fingerprint density at radius 2 is 0.935 bits per heavy atom. The van der Waals surface area contributed by atoms with Gasteiger partial charge in [0.25, 0.3) is 0 Å². The molecule has 0 atom stereocenters. The minimum atomic E-state index is -0.980. The number of rotatable bonds is 6. The molecule has 0 radical (unpaired) electrons. The smallest absolute Gasteiger partial charge is 0.166 e. The van der Waals surface area contributed by atoms with Gasteiger partial charge in [0.15, 0.2) is 17.5 Å². The summed E-state index contributed by atoms with van der Waals surface area (Å²) in [6, 6.07) is 53.3. The van der Waals surface area contributed by atoms with Crippen LogP contribution in [0.5, 0.6) is 0 Å². The minimum Gasteiger partial charge on any atom is -0.309 e. The summed E-state index contributed by atoms with van der Waals surface area (Å²) in [5.74, 6) is 1.94. The van der Waals surface area contributed by atoms with Crippen LogP contribution in [0, 0.1) is 0 Å². The third-order valence-corrected chi connectivity index (χ3v) is 10.3. The lowest BCUT2D eigenvalue weighted by atomic mass is 10.0. The third-order valence-electron chi connectivity index (χ3n) is 8.64. The van der Waals surface area contributed by atoms with Crippen molar-refractivity contribution in [1.29, 1.82) is 0 Å². The lowest BCUT2D eigenvalue weighted by Crippen LogP contribution is -2.22. The second-order valence-electron chi connectivity index (χ2n) is 11.9. The molecule has 8 rings (SSSR count). The molecule has 46 heavy (non-hydrogen) atoms. The average molecular weight is 609 g/mol. The van der Waals surface area contributed by atoms with Crippen molar-refractivity contribution in [3.63, 3.8) is 0 Å². The van der Waals surface area contributed by atoms with E-state index >= 15 is 0 Å². The highest BCUT2D eigenvalue weighted by Crippen LogP contribution is 2.38. The fourth-order valence-electron chi connectivity index (χ4n) is 6.28. The van der Waals surface area contributed by atoms with E-state index in [0.717, 1.165) is 39.0 Å². The largest absolute Gasteiger partial charge is 0.309 e. The molecule has 5 heteroatoms. The Morgan fingerprint density at radius 1 is 0.435 bits per heavy atom. The van der Waals surface area contributed by atoms with Crippen LogP contribution in [0.15, 0.2) is 152 Å². The Bertz CT molecular complexity index is 2230. The monoisotopic (exact) mass is 608 g/mol. The molecule has 0 fully saturated rings. The number of benzene rings is 6. The highest BCUT2D eigenvalue weighted by atomic mass is 28.3. The summed E-state index contributed by atoms with van der Waals surface area (Å²) < 4.78 is 2.36. The van der Waals surface area contributed by atoms with E-state index in [0.29, 0.717) is 17.5 Å². The van der Waals surface area contributed by atoms with Crippen molar-refractivity contribution >= 4 is 35.8 Å². The van der Waals surface area contributed by atoms with Crippen LogP contribution in [0.25, 0.3) is 72.8 Å². The number of aromatic nitrogens is 4. The standard InChI is InChI=1S/C41H32N4Si/c1-46(2)32-19-13-18-30(26-32)31-24-25-38(45-36-22-11-9-20-33(36)34-21-10-12-23-37(34)45)35(27-31)41-43-39(28-14-5-3-6-15-28)42-40(44-41)29-16-7-4-8-17-29/h3-27,46H,1-2H3. The van der Waals surface area contributed by atoms with Crippen molar-refractivity contribution in [1.82, 2.24) is 19.5 Å². The Hall–Kier alpha value is -5.65. The van der Waals surface area contributed by atoms with Crippen molar-refractivity contribution in [2.75, 3.05) is 0 Å². The van der Waals surface area contributed by atoms with Crippen molar-refractivity contribution in [2.45, 2.75) is 13.1 Å².